The molecule has 2 saturated heterocycles. The quantitative estimate of drug-likeness (QED) is 0.241. The Morgan fingerprint density at radius 3 is 2.35 bits per heavy atom. The van der Waals surface area contributed by atoms with Crippen LogP contribution in [0.25, 0.3) is 10.4 Å². The van der Waals surface area contributed by atoms with Crippen LogP contribution < -0.4 is 10.6 Å². The molecule has 1 aromatic heterocycles. The van der Waals surface area contributed by atoms with Crippen molar-refractivity contribution in [3.05, 3.63) is 41.0 Å². The lowest BCUT2D eigenvalue weighted by atomic mass is 9.85. The molecule has 0 bridgehead atoms. The maximum Gasteiger partial charge on any atom is 0.246 e. The van der Waals surface area contributed by atoms with Gasteiger partial charge in [0.2, 0.25) is 17.7 Å². The number of amides is 3. The number of aliphatic hydroxyl groups excluding tert-OH is 1. The van der Waals surface area contributed by atoms with E-state index in [1.54, 1.807) is 11.3 Å². The molecule has 12 nitrogen and oxygen atoms in total. The van der Waals surface area contributed by atoms with Crippen molar-refractivity contribution >= 4 is 29.1 Å². The number of rotatable bonds is 15. The predicted molar refractivity (Wildman–Crippen MR) is 184 cm³/mol. The summed E-state index contributed by atoms with van der Waals surface area (Å²) in [4.78, 5) is 49.3. The molecule has 2 aliphatic heterocycles. The highest BCUT2D eigenvalue weighted by Gasteiger charge is 2.44. The summed E-state index contributed by atoms with van der Waals surface area (Å²) in [6.07, 6.45) is 0.507. The van der Waals surface area contributed by atoms with Gasteiger partial charge in [-0.05, 0) is 50.8 Å². The molecule has 3 heterocycles. The molecule has 2 aromatic rings. The minimum atomic E-state index is -0.930. The number of likely N-dealkylation sites (N-methyl/N-ethyl adjacent to an activating group) is 1. The van der Waals surface area contributed by atoms with Gasteiger partial charge in [0.1, 0.15) is 18.7 Å². The highest BCUT2D eigenvalue weighted by Crippen LogP contribution is 2.29. The van der Waals surface area contributed by atoms with Gasteiger partial charge >= 0.3 is 0 Å². The Morgan fingerprint density at radius 2 is 1.73 bits per heavy atom. The first-order valence-electron chi connectivity index (χ1n) is 16.8. The highest BCUT2D eigenvalue weighted by molar-refractivity contribution is 7.13. The SMILES string of the molecule is Cc1ncsc1-c1ccc([C@H](C)NC(=O)[C@@H]2C[C@@H](O)CN2C(=O)[C@@H](NC(=O)COCCOCCO[C@@H]2C[C@@H](C)N(C)C2)C(C)(C)C)cc1. The molecule has 13 heteroatoms. The zero-order chi connectivity index (χ0) is 35.0. The normalized spacial score (nSPS) is 22.9. The van der Waals surface area contributed by atoms with E-state index in [0.29, 0.717) is 25.9 Å². The van der Waals surface area contributed by atoms with Crippen LogP contribution in [0.1, 0.15) is 64.8 Å². The first kappa shape index (κ1) is 37.9. The highest BCUT2D eigenvalue weighted by atomic mass is 32.1. The fraction of sp³-hybridized carbons (Fsp3) is 0.657. The van der Waals surface area contributed by atoms with Crippen molar-refractivity contribution in [1.29, 1.82) is 0 Å². The van der Waals surface area contributed by atoms with Crippen LogP contribution in [0.5, 0.6) is 0 Å². The smallest absolute Gasteiger partial charge is 0.246 e. The molecule has 0 unspecified atom stereocenters. The molecule has 0 aliphatic carbocycles. The molecule has 1 aromatic carbocycles. The molecule has 48 heavy (non-hydrogen) atoms. The Kier molecular flexibility index (Phi) is 13.5. The van der Waals surface area contributed by atoms with E-state index >= 15 is 0 Å². The molecular formula is C35H53N5O7S. The summed E-state index contributed by atoms with van der Waals surface area (Å²) < 4.78 is 16.9. The lowest BCUT2D eigenvalue weighted by Gasteiger charge is -2.35. The van der Waals surface area contributed by atoms with Crippen LogP contribution in [0.15, 0.2) is 29.8 Å². The second-order valence-corrected chi connectivity index (χ2v) is 14.9. The van der Waals surface area contributed by atoms with Gasteiger partial charge in [-0.25, -0.2) is 4.98 Å². The molecular weight excluding hydrogens is 634 g/mol. The number of ether oxygens (including phenoxy) is 3. The largest absolute Gasteiger partial charge is 0.391 e. The van der Waals surface area contributed by atoms with Crippen LogP contribution in [0.3, 0.4) is 0 Å². The van der Waals surface area contributed by atoms with Gasteiger partial charge < -0.3 is 39.8 Å². The maximum atomic E-state index is 13.9. The number of carbonyl (C=O) groups is 3. The molecule has 0 saturated carbocycles. The van der Waals surface area contributed by atoms with Crippen molar-refractivity contribution in [3.63, 3.8) is 0 Å². The van der Waals surface area contributed by atoms with Crippen molar-refractivity contribution in [2.24, 2.45) is 5.41 Å². The van der Waals surface area contributed by atoms with Crippen molar-refractivity contribution in [2.45, 2.75) is 90.8 Å². The van der Waals surface area contributed by atoms with E-state index in [2.05, 4.69) is 34.5 Å². The van der Waals surface area contributed by atoms with E-state index in [-0.39, 0.29) is 44.2 Å². The van der Waals surface area contributed by atoms with Crippen LogP contribution in [0, 0.1) is 12.3 Å². The third kappa shape index (κ3) is 10.3. The number of thiazole rings is 1. The van der Waals surface area contributed by atoms with Crippen LogP contribution in [-0.4, -0.2) is 121 Å². The Bertz CT molecular complexity index is 1350. The number of aromatic nitrogens is 1. The lowest BCUT2D eigenvalue weighted by Crippen LogP contribution is -2.58. The first-order chi connectivity index (χ1) is 22.7. The van der Waals surface area contributed by atoms with Crippen molar-refractivity contribution < 1.29 is 33.7 Å². The van der Waals surface area contributed by atoms with Crippen LogP contribution >= 0.6 is 11.3 Å². The number of carbonyl (C=O) groups excluding carboxylic acids is 3. The molecule has 3 amide bonds. The Labute approximate surface area is 288 Å². The van der Waals surface area contributed by atoms with Crippen molar-refractivity contribution in [2.75, 3.05) is 53.2 Å². The number of likely N-dealkylation sites (tertiary alicyclic amines) is 2. The van der Waals surface area contributed by atoms with E-state index in [4.69, 9.17) is 14.2 Å². The zero-order valence-electron chi connectivity index (χ0n) is 29.4. The van der Waals surface area contributed by atoms with Gasteiger partial charge in [-0.3, -0.25) is 14.4 Å². The number of hydrogen-bond donors (Lipinski definition) is 3. The topological polar surface area (TPSA) is 143 Å². The monoisotopic (exact) mass is 687 g/mol. The predicted octanol–water partition coefficient (Wildman–Crippen LogP) is 2.93. The Hall–Kier alpha value is -2.94. The van der Waals surface area contributed by atoms with E-state index < -0.39 is 35.4 Å². The fourth-order valence-corrected chi connectivity index (χ4v) is 6.95. The number of nitrogens with zero attached hydrogens (tertiary/aromatic N) is 3. The van der Waals surface area contributed by atoms with E-state index in [1.165, 1.54) is 4.90 Å². The number of benzene rings is 1. The molecule has 0 radical (unpaired) electrons. The second kappa shape index (κ2) is 17.1. The number of aryl methyl sites for hydroxylation is 1. The van der Waals surface area contributed by atoms with Gasteiger partial charge in [0.15, 0.2) is 0 Å². The van der Waals surface area contributed by atoms with Gasteiger partial charge in [0, 0.05) is 25.6 Å². The van der Waals surface area contributed by atoms with Crippen molar-refractivity contribution in [3.8, 4) is 10.4 Å². The Balaban J connectivity index is 1.24. The maximum absolute atomic E-state index is 13.9. The summed E-state index contributed by atoms with van der Waals surface area (Å²) in [5.41, 5.74) is 4.10. The number of nitrogens with one attached hydrogen (secondary N) is 2. The molecule has 2 fully saturated rings. The third-order valence-corrected chi connectivity index (χ3v) is 10.1. The summed E-state index contributed by atoms with van der Waals surface area (Å²) in [5.74, 6) is -1.22. The molecule has 6 atom stereocenters. The third-order valence-electron chi connectivity index (χ3n) is 9.09. The number of β-amino-alcohol motifs (C(OH)–C–C–N with tert-alkyl or cyclic N) is 1. The average molecular weight is 688 g/mol. The summed E-state index contributed by atoms with van der Waals surface area (Å²) in [6, 6.07) is 6.35. The van der Waals surface area contributed by atoms with Crippen LogP contribution in [0.2, 0.25) is 0 Å². The Morgan fingerprint density at radius 1 is 1.04 bits per heavy atom. The summed E-state index contributed by atoms with van der Waals surface area (Å²) >= 11 is 1.58. The minimum Gasteiger partial charge on any atom is -0.391 e. The van der Waals surface area contributed by atoms with Crippen molar-refractivity contribution in [1.82, 2.24) is 25.4 Å². The van der Waals surface area contributed by atoms with Crippen LogP contribution in [0.4, 0.5) is 0 Å². The zero-order valence-corrected chi connectivity index (χ0v) is 30.2. The molecule has 0 spiro atoms. The second-order valence-electron chi connectivity index (χ2n) is 14.1. The van der Waals surface area contributed by atoms with E-state index in [0.717, 1.165) is 34.7 Å². The molecule has 266 valence electrons. The standard InChI is InChI=1S/C35H53N5O7S/c1-22-16-28(19-39(22)7)47-15-14-45-12-13-46-20-30(42)38-32(35(4,5)6)34(44)40-18-27(41)17-29(40)33(43)37-23(2)25-8-10-26(11-9-25)31-24(3)36-21-48-31/h8-11,21-23,27-29,32,41H,12-20H2,1-7H3,(H,37,43)(H,38,42)/t22-,23+,27-,28-,29+,32-/m1/s1. The van der Waals surface area contributed by atoms with Gasteiger partial charge in [-0.15, -0.1) is 11.3 Å². The summed E-state index contributed by atoms with van der Waals surface area (Å²) in [5, 5.41) is 16.3. The summed E-state index contributed by atoms with van der Waals surface area (Å²) in [6.45, 7) is 13.8. The van der Waals surface area contributed by atoms with Gasteiger partial charge in [0.05, 0.1) is 60.8 Å². The van der Waals surface area contributed by atoms with Gasteiger partial charge in [-0.1, -0.05) is 45.0 Å². The fourth-order valence-electron chi connectivity index (χ4n) is 6.13. The van der Waals surface area contributed by atoms with Crippen LogP contribution in [-0.2, 0) is 28.6 Å². The lowest BCUT2D eigenvalue weighted by molar-refractivity contribution is -0.144. The first-order valence-corrected chi connectivity index (χ1v) is 17.7. The molecule has 2 aliphatic rings. The van der Waals surface area contributed by atoms with E-state index in [9.17, 15) is 19.5 Å². The van der Waals surface area contributed by atoms with Gasteiger partial charge in [0.25, 0.3) is 0 Å². The minimum absolute atomic E-state index is 0.00464. The molecule has 4 rings (SSSR count). The average Bonchev–Trinajstić information content (AvgIpc) is 3.73. The van der Waals surface area contributed by atoms with Gasteiger partial charge in [-0.2, -0.15) is 0 Å². The summed E-state index contributed by atoms with van der Waals surface area (Å²) in [7, 11) is 2.10. The molecule has 3 N–H and O–H groups in total. The van der Waals surface area contributed by atoms with E-state index in [1.807, 2.05) is 64.4 Å². The number of hydrogen-bond acceptors (Lipinski definition) is 10. The number of aliphatic hydroxyl groups is 1.